The molecule has 146 valence electrons. The van der Waals surface area contributed by atoms with Gasteiger partial charge in [0.05, 0.1) is 12.4 Å². The first-order valence-corrected chi connectivity index (χ1v) is 10.3. The van der Waals surface area contributed by atoms with E-state index in [1.54, 1.807) is 60.5 Å². The van der Waals surface area contributed by atoms with E-state index in [1.165, 1.54) is 6.92 Å². The molecule has 2 rings (SSSR count). The molecular formula is C19H22ClNO5S. The zero-order valence-electron chi connectivity index (χ0n) is 15.2. The molecule has 0 bridgehead atoms. The predicted octanol–water partition coefficient (Wildman–Crippen LogP) is 3.36. The molecule has 0 spiro atoms. The van der Waals surface area contributed by atoms with Crippen LogP contribution in [0.1, 0.15) is 22.8 Å². The highest BCUT2D eigenvalue weighted by molar-refractivity contribution is 7.87. The lowest BCUT2D eigenvalue weighted by molar-refractivity contribution is 0.0680. The van der Waals surface area contributed by atoms with Crippen LogP contribution in [0.25, 0.3) is 0 Å². The zero-order chi connectivity index (χ0) is 19.9. The van der Waals surface area contributed by atoms with E-state index < -0.39 is 10.1 Å². The molecule has 0 aliphatic heterocycles. The van der Waals surface area contributed by atoms with Gasteiger partial charge >= 0.3 is 10.1 Å². The van der Waals surface area contributed by atoms with Crippen LogP contribution in [0.4, 0.5) is 0 Å². The van der Waals surface area contributed by atoms with Gasteiger partial charge < -0.3 is 13.8 Å². The second kappa shape index (κ2) is 9.73. The van der Waals surface area contributed by atoms with Crippen molar-refractivity contribution in [1.29, 1.82) is 0 Å². The monoisotopic (exact) mass is 411 g/mol. The number of hydrogen-bond donors (Lipinski definition) is 0. The van der Waals surface area contributed by atoms with Crippen LogP contribution in [0.3, 0.4) is 0 Å². The second-order valence-electron chi connectivity index (χ2n) is 5.80. The van der Waals surface area contributed by atoms with Crippen molar-refractivity contribution in [3.8, 4) is 5.75 Å². The van der Waals surface area contributed by atoms with Crippen molar-refractivity contribution in [3.05, 3.63) is 64.7 Å². The van der Waals surface area contributed by atoms with Crippen LogP contribution in [0, 0.1) is 0 Å². The molecule has 0 saturated carbocycles. The molecule has 0 atom stereocenters. The summed E-state index contributed by atoms with van der Waals surface area (Å²) in [6.45, 7) is 2.56. The number of hydrogen-bond acceptors (Lipinski definition) is 5. The molecule has 0 saturated heterocycles. The van der Waals surface area contributed by atoms with E-state index in [1.807, 2.05) is 0 Å². The third-order valence-electron chi connectivity index (χ3n) is 3.79. The first-order chi connectivity index (χ1) is 12.8. The fraction of sp³-hybridized carbons (Fsp3) is 0.316. The van der Waals surface area contributed by atoms with Crippen molar-refractivity contribution in [2.45, 2.75) is 13.5 Å². The van der Waals surface area contributed by atoms with Crippen molar-refractivity contribution >= 4 is 27.6 Å². The van der Waals surface area contributed by atoms with Crippen molar-refractivity contribution in [2.24, 2.45) is 0 Å². The predicted molar refractivity (Wildman–Crippen MR) is 105 cm³/mol. The van der Waals surface area contributed by atoms with Crippen molar-refractivity contribution in [3.63, 3.8) is 0 Å². The molecule has 0 fully saturated rings. The number of methoxy groups -OCH3 is 1. The molecular weight excluding hydrogens is 390 g/mol. The summed E-state index contributed by atoms with van der Waals surface area (Å²) in [5.74, 6) is -0.0668. The van der Waals surface area contributed by atoms with Crippen LogP contribution in [0.5, 0.6) is 5.75 Å². The minimum atomic E-state index is -3.61. The summed E-state index contributed by atoms with van der Waals surface area (Å²) in [5.41, 5.74) is 1.26. The largest absolute Gasteiger partial charge is 0.383 e. The minimum absolute atomic E-state index is 0.119. The van der Waals surface area contributed by atoms with E-state index in [-0.39, 0.29) is 24.0 Å². The lowest BCUT2D eigenvalue weighted by Gasteiger charge is -2.23. The summed E-state index contributed by atoms with van der Waals surface area (Å²) in [6, 6.07) is 13.3. The summed E-state index contributed by atoms with van der Waals surface area (Å²) >= 11 is 5.88. The summed E-state index contributed by atoms with van der Waals surface area (Å²) in [6.07, 6.45) is 0. The Morgan fingerprint density at radius 3 is 2.48 bits per heavy atom. The first kappa shape index (κ1) is 21.2. The zero-order valence-corrected chi connectivity index (χ0v) is 16.8. The Bertz CT molecular complexity index is 868. The topological polar surface area (TPSA) is 72.9 Å². The Labute approximate surface area is 164 Å². The number of halogens is 1. The van der Waals surface area contributed by atoms with Gasteiger partial charge in [0.1, 0.15) is 5.75 Å². The lowest BCUT2D eigenvalue weighted by Crippen LogP contribution is -2.33. The molecule has 0 N–H and O–H groups in total. The van der Waals surface area contributed by atoms with Crippen molar-refractivity contribution in [1.82, 2.24) is 4.90 Å². The molecule has 2 aromatic carbocycles. The number of carbonyl (C=O) groups excluding carboxylic acids is 1. The van der Waals surface area contributed by atoms with Crippen LogP contribution in [0.2, 0.25) is 5.02 Å². The van der Waals surface area contributed by atoms with E-state index in [2.05, 4.69) is 0 Å². The van der Waals surface area contributed by atoms with Crippen LogP contribution < -0.4 is 4.18 Å². The lowest BCUT2D eigenvalue weighted by atomic mass is 10.1. The molecule has 27 heavy (non-hydrogen) atoms. The summed E-state index contributed by atoms with van der Waals surface area (Å²) in [7, 11) is -2.04. The van der Waals surface area contributed by atoms with E-state index in [4.69, 9.17) is 20.5 Å². The number of rotatable bonds is 9. The van der Waals surface area contributed by atoms with Gasteiger partial charge in [-0.2, -0.15) is 8.42 Å². The fourth-order valence-electron chi connectivity index (χ4n) is 2.35. The Balaban J connectivity index is 2.20. The third kappa shape index (κ3) is 6.53. The molecule has 6 nitrogen and oxygen atoms in total. The first-order valence-electron chi connectivity index (χ1n) is 8.39. The number of benzene rings is 2. The normalized spacial score (nSPS) is 11.2. The Kier molecular flexibility index (Phi) is 7.65. The number of nitrogens with zero attached hydrogens (tertiary/aromatic N) is 1. The molecule has 0 aliphatic rings. The molecule has 0 aromatic heterocycles. The number of amides is 1. The van der Waals surface area contributed by atoms with Gasteiger partial charge in [0.15, 0.2) is 0 Å². The minimum Gasteiger partial charge on any atom is -0.383 e. The van der Waals surface area contributed by atoms with Gasteiger partial charge in [0.25, 0.3) is 5.91 Å². The molecule has 8 heteroatoms. The highest BCUT2D eigenvalue weighted by atomic mass is 35.5. The maximum Gasteiger partial charge on any atom is 0.308 e. The molecule has 0 aliphatic carbocycles. The van der Waals surface area contributed by atoms with Gasteiger partial charge in [0.2, 0.25) is 0 Å². The Morgan fingerprint density at radius 2 is 1.85 bits per heavy atom. The van der Waals surface area contributed by atoms with Crippen molar-refractivity contribution < 1.29 is 22.1 Å². The highest BCUT2D eigenvalue weighted by Crippen LogP contribution is 2.19. The van der Waals surface area contributed by atoms with Gasteiger partial charge in [-0.3, -0.25) is 4.79 Å². The number of ether oxygens (including phenoxy) is 1. The Hall–Kier alpha value is -2.09. The van der Waals surface area contributed by atoms with Gasteiger partial charge in [-0.05, 0) is 48.9 Å². The standard InChI is InChI=1S/C19H22ClNO5S/c1-3-27(23,24)26-18-6-4-5-15(13-18)14-21(11-12-25-2)19(22)16-7-9-17(20)10-8-16/h4-10,13H,3,11-12,14H2,1-2H3. The number of carbonyl (C=O) groups is 1. The molecule has 0 radical (unpaired) electrons. The van der Waals surface area contributed by atoms with Gasteiger partial charge in [0, 0.05) is 30.8 Å². The van der Waals surface area contributed by atoms with Crippen LogP contribution in [-0.2, 0) is 21.4 Å². The van der Waals surface area contributed by atoms with E-state index >= 15 is 0 Å². The van der Waals surface area contributed by atoms with Crippen LogP contribution >= 0.6 is 11.6 Å². The summed E-state index contributed by atoms with van der Waals surface area (Å²) < 4.78 is 33.4. The van der Waals surface area contributed by atoms with E-state index in [9.17, 15) is 13.2 Å². The highest BCUT2D eigenvalue weighted by Gasteiger charge is 2.17. The van der Waals surface area contributed by atoms with Gasteiger partial charge in [-0.1, -0.05) is 23.7 Å². The van der Waals surface area contributed by atoms with Gasteiger partial charge in [-0.15, -0.1) is 0 Å². The second-order valence-corrected chi connectivity index (χ2v) is 8.10. The Morgan fingerprint density at radius 1 is 1.15 bits per heavy atom. The summed E-state index contributed by atoms with van der Waals surface area (Å²) in [5, 5.41) is 0.553. The smallest absolute Gasteiger partial charge is 0.308 e. The molecule has 0 heterocycles. The van der Waals surface area contributed by atoms with Crippen LogP contribution in [0.15, 0.2) is 48.5 Å². The molecule has 1 amide bonds. The molecule has 2 aromatic rings. The van der Waals surface area contributed by atoms with E-state index in [0.717, 1.165) is 5.56 Å². The fourth-order valence-corrected chi connectivity index (χ4v) is 2.99. The summed E-state index contributed by atoms with van der Waals surface area (Å²) in [4.78, 5) is 14.5. The van der Waals surface area contributed by atoms with Crippen molar-refractivity contribution in [2.75, 3.05) is 26.0 Å². The van der Waals surface area contributed by atoms with Crippen LogP contribution in [-0.4, -0.2) is 45.2 Å². The third-order valence-corrected chi connectivity index (χ3v) is 5.20. The average molecular weight is 412 g/mol. The van der Waals surface area contributed by atoms with E-state index in [0.29, 0.717) is 23.7 Å². The SMILES string of the molecule is CCS(=O)(=O)Oc1cccc(CN(CCOC)C(=O)c2ccc(Cl)cc2)c1. The average Bonchev–Trinajstić information content (AvgIpc) is 2.65. The quantitative estimate of drug-likeness (QED) is 0.591. The van der Waals surface area contributed by atoms with Gasteiger partial charge in [-0.25, -0.2) is 0 Å². The maximum absolute atomic E-state index is 12.8. The molecule has 0 unspecified atom stereocenters. The maximum atomic E-state index is 12.8.